The maximum absolute atomic E-state index is 12.8. The molecule has 0 spiro atoms. The summed E-state index contributed by atoms with van der Waals surface area (Å²) in [5, 5.41) is 10.5. The van der Waals surface area contributed by atoms with Gasteiger partial charge in [0.15, 0.2) is 0 Å². The molecule has 1 aliphatic heterocycles. The van der Waals surface area contributed by atoms with Crippen LogP contribution in [0.25, 0.3) is 10.9 Å². The third kappa shape index (κ3) is 4.78. The quantitative estimate of drug-likeness (QED) is 0.476. The van der Waals surface area contributed by atoms with Gasteiger partial charge in [-0.3, -0.25) is 4.79 Å². The minimum atomic E-state index is -4.74. The number of benzene rings is 2. The molecule has 0 aliphatic carbocycles. The Hall–Kier alpha value is -3.19. The summed E-state index contributed by atoms with van der Waals surface area (Å²) in [7, 11) is 1.64. The average Bonchev–Trinajstić information content (AvgIpc) is 2.77. The maximum Gasteiger partial charge on any atom is 0.573 e. The minimum Gasteiger partial charge on any atom is -0.490 e. The third-order valence-corrected chi connectivity index (χ3v) is 6.20. The summed E-state index contributed by atoms with van der Waals surface area (Å²) >= 11 is 3.50. The van der Waals surface area contributed by atoms with Gasteiger partial charge in [-0.25, -0.2) is 0 Å². The first-order chi connectivity index (χ1) is 15.7. The lowest BCUT2D eigenvalue weighted by atomic mass is 10.0. The fraction of sp³-hybridized carbons (Fsp3) is 0.304. The van der Waals surface area contributed by atoms with Crippen LogP contribution >= 0.6 is 15.9 Å². The highest BCUT2D eigenvalue weighted by molar-refractivity contribution is 9.10. The molecule has 0 atom stereocenters. The molecular formula is C23H19BrF3N3O3. The minimum absolute atomic E-state index is 0.0997. The van der Waals surface area contributed by atoms with Crippen LogP contribution in [-0.4, -0.2) is 30.1 Å². The van der Waals surface area contributed by atoms with Crippen molar-refractivity contribution in [2.45, 2.75) is 25.3 Å². The Morgan fingerprint density at radius 1 is 1.09 bits per heavy atom. The molecule has 10 heteroatoms. The highest BCUT2D eigenvalue weighted by Crippen LogP contribution is 2.34. The van der Waals surface area contributed by atoms with Gasteiger partial charge in [0, 0.05) is 42.8 Å². The lowest BCUT2D eigenvalue weighted by Gasteiger charge is -2.35. The smallest absolute Gasteiger partial charge is 0.490 e. The van der Waals surface area contributed by atoms with Gasteiger partial charge in [0.2, 0.25) is 0 Å². The summed E-state index contributed by atoms with van der Waals surface area (Å²) < 4.78 is 49.0. The number of hydrogen-bond donors (Lipinski definition) is 0. The molecule has 33 heavy (non-hydrogen) atoms. The zero-order chi connectivity index (χ0) is 23.8. The number of hydrogen-bond acceptors (Lipinski definition) is 5. The number of ether oxygens (including phenoxy) is 2. The average molecular weight is 522 g/mol. The molecule has 6 nitrogen and oxygen atoms in total. The van der Waals surface area contributed by atoms with E-state index in [1.165, 1.54) is 28.8 Å². The molecule has 0 N–H and O–H groups in total. The van der Waals surface area contributed by atoms with Crippen molar-refractivity contribution >= 4 is 32.5 Å². The molecule has 2 heterocycles. The topological polar surface area (TPSA) is 67.5 Å². The maximum atomic E-state index is 12.8. The number of pyridine rings is 1. The summed E-state index contributed by atoms with van der Waals surface area (Å²) in [5.74, 6) is 0.140. The summed E-state index contributed by atoms with van der Waals surface area (Å²) in [6.07, 6.45) is -3.65. The number of nitrogens with zero attached hydrogens (tertiary/aromatic N) is 3. The van der Waals surface area contributed by atoms with Crippen molar-refractivity contribution in [1.29, 1.82) is 5.26 Å². The van der Waals surface area contributed by atoms with E-state index in [0.717, 1.165) is 15.4 Å². The number of anilines is 1. The zero-order valence-corrected chi connectivity index (χ0v) is 19.1. The summed E-state index contributed by atoms with van der Waals surface area (Å²) in [4.78, 5) is 14.9. The van der Waals surface area contributed by atoms with Crippen molar-refractivity contribution in [1.82, 2.24) is 4.57 Å². The van der Waals surface area contributed by atoms with Crippen LogP contribution < -0.4 is 19.9 Å². The van der Waals surface area contributed by atoms with Gasteiger partial charge in [0.05, 0.1) is 11.2 Å². The van der Waals surface area contributed by atoms with E-state index in [1.807, 2.05) is 23.1 Å². The van der Waals surface area contributed by atoms with E-state index in [-0.39, 0.29) is 23.0 Å². The van der Waals surface area contributed by atoms with Gasteiger partial charge < -0.3 is 18.9 Å². The molecular weight excluding hydrogens is 503 g/mol. The van der Waals surface area contributed by atoms with Crippen molar-refractivity contribution in [2.75, 3.05) is 18.0 Å². The predicted molar refractivity (Wildman–Crippen MR) is 121 cm³/mol. The van der Waals surface area contributed by atoms with Crippen LogP contribution in [0.1, 0.15) is 18.4 Å². The van der Waals surface area contributed by atoms with Gasteiger partial charge in [0.1, 0.15) is 29.2 Å². The number of nitriles is 1. The Morgan fingerprint density at radius 3 is 2.33 bits per heavy atom. The highest BCUT2D eigenvalue weighted by atomic mass is 79.9. The van der Waals surface area contributed by atoms with Gasteiger partial charge in [-0.15, -0.1) is 13.2 Å². The second-order valence-electron chi connectivity index (χ2n) is 7.66. The Labute approximate surface area is 195 Å². The van der Waals surface area contributed by atoms with Crippen LogP contribution in [0.2, 0.25) is 0 Å². The van der Waals surface area contributed by atoms with Crippen molar-refractivity contribution in [3.05, 3.63) is 62.9 Å². The number of piperidine rings is 1. The first-order valence-corrected chi connectivity index (χ1v) is 11.0. The second-order valence-corrected chi connectivity index (χ2v) is 8.51. The molecule has 1 saturated heterocycles. The number of fused-ring (bicyclic) bond motifs is 1. The molecule has 172 valence electrons. The standard InChI is InChI=1S/C23H19BrF3N3O3/c1-29-21-17(3-2-4-19(21)24)20(18(13-28)22(29)31)30-11-9-15(10-12-30)32-14-5-7-16(8-6-14)33-23(25,26)27/h2-8,15H,9-12H2,1H3. The first kappa shape index (κ1) is 23.0. The number of rotatable bonds is 4. The normalized spacial score (nSPS) is 14.8. The fourth-order valence-corrected chi connectivity index (χ4v) is 4.72. The second kappa shape index (κ2) is 8.98. The van der Waals surface area contributed by atoms with E-state index < -0.39 is 6.36 Å². The van der Waals surface area contributed by atoms with Crippen LogP contribution in [0.15, 0.2) is 51.7 Å². The van der Waals surface area contributed by atoms with Crippen molar-refractivity contribution in [3.63, 3.8) is 0 Å². The molecule has 1 fully saturated rings. The molecule has 0 bridgehead atoms. The van der Waals surface area contributed by atoms with Gasteiger partial charge >= 0.3 is 6.36 Å². The van der Waals surface area contributed by atoms with E-state index in [4.69, 9.17) is 4.74 Å². The molecule has 1 aromatic heterocycles. The molecule has 4 rings (SSSR count). The monoisotopic (exact) mass is 521 g/mol. The third-order valence-electron chi connectivity index (χ3n) is 5.56. The molecule has 3 aromatic rings. The molecule has 0 saturated carbocycles. The lowest BCUT2D eigenvalue weighted by Crippen LogP contribution is -2.40. The molecule has 0 radical (unpaired) electrons. The highest BCUT2D eigenvalue weighted by Gasteiger charge is 2.31. The van der Waals surface area contributed by atoms with Crippen molar-refractivity contribution < 1.29 is 22.6 Å². The summed E-state index contributed by atoms with van der Waals surface area (Å²) in [6, 6.07) is 13.0. The van der Waals surface area contributed by atoms with Crippen LogP contribution in [0.4, 0.5) is 18.9 Å². The van der Waals surface area contributed by atoms with Gasteiger partial charge in [0.25, 0.3) is 5.56 Å². The lowest BCUT2D eigenvalue weighted by molar-refractivity contribution is -0.274. The number of halogens is 4. The number of aromatic nitrogens is 1. The molecule has 2 aromatic carbocycles. The predicted octanol–water partition coefficient (Wildman–Crippen LogP) is 5.12. The summed E-state index contributed by atoms with van der Waals surface area (Å²) in [6.45, 7) is 1.12. The first-order valence-electron chi connectivity index (χ1n) is 10.2. The number of para-hydroxylation sites is 1. The van der Waals surface area contributed by atoms with Crippen molar-refractivity contribution in [3.8, 4) is 17.6 Å². The van der Waals surface area contributed by atoms with Gasteiger partial charge in [-0.1, -0.05) is 12.1 Å². The zero-order valence-electron chi connectivity index (χ0n) is 17.5. The summed E-state index contributed by atoms with van der Waals surface area (Å²) in [5.41, 5.74) is 1.08. The van der Waals surface area contributed by atoms with Crippen LogP contribution in [0.3, 0.4) is 0 Å². The van der Waals surface area contributed by atoms with E-state index in [0.29, 0.717) is 37.4 Å². The van der Waals surface area contributed by atoms with Crippen LogP contribution in [-0.2, 0) is 7.05 Å². The van der Waals surface area contributed by atoms with E-state index in [2.05, 4.69) is 26.7 Å². The SMILES string of the molecule is Cn1c(=O)c(C#N)c(N2CCC(Oc3ccc(OC(F)(F)F)cc3)CC2)c2cccc(Br)c21. The Morgan fingerprint density at radius 2 is 1.73 bits per heavy atom. The van der Waals surface area contributed by atoms with E-state index in [1.54, 1.807) is 7.05 Å². The van der Waals surface area contributed by atoms with Crippen molar-refractivity contribution in [2.24, 2.45) is 7.05 Å². The Balaban J connectivity index is 1.52. The van der Waals surface area contributed by atoms with Gasteiger partial charge in [-0.05, 0) is 46.3 Å². The van der Waals surface area contributed by atoms with Gasteiger partial charge in [-0.2, -0.15) is 5.26 Å². The number of aryl methyl sites for hydroxylation is 1. The molecule has 0 unspecified atom stereocenters. The van der Waals surface area contributed by atoms with Crippen LogP contribution in [0, 0.1) is 11.3 Å². The van der Waals surface area contributed by atoms with E-state index >= 15 is 0 Å². The van der Waals surface area contributed by atoms with E-state index in [9.17, 15) is 23.2 Å². The molecule has 1 aliphatic rings. The largest absolute Gasteiger partial charge is 0.573 e. The molecule has 0 amide bonds. The Kier molecular flexibility index (Phi) is 6.26. The number of alkyl halides is 3. The fourth-order valence-electron chi connectivity index (χ4n) is 4.09. The Bertz CT molecular complexity index is 1280. The van der Waals surface area contributed by atoms with Crippen LogP contribution in [0.5, 0.6) is 11.5 Å².